The lowest BCUT2D eigenvalue weighted by Gasteiger charge is -2.24. The third kappa shape index (κ3) is 2.96. The van der Waals surface area contributed by atoms with E-state index < -0.39 is 0 Å². The molecule has 0 bridgehead atoms. The van der Waals surface area contributed by atoms with Crippen LogP contribution < -0.4 is 5.32 Å². The average Bonchev–Trinajstić information content (AvgIpc) is 3.01. The van der Waals surface area contributed by atoms with Crippen molar-refractivity contribution in [3.8, 4) is 0 Å². The van der Waals surface area contributed by atoms with Crippen LogP contribution >= 0.6 is 0 Å². The monoisotopic (exact) mass is 209 g/mol. The molecule has 0 aromatic carbocycles. The second-order valence-electron chi connectivity index (χ2n) is 6.09. The first kappa shape index (κ1) is 11.4. The van der Waals surface area contributed by atoms with Gasteiger partial charge in [0.1, 0.15) is 0 Å². The molecule has 1 heteroatoms. The van der Waals surface area contributed by atoms with Gasteiger partial charge in [0.05, 0.1) is 0 Å². The summed E-state index contributed by atoms with van der Waals surface area (Å²) in [6, 6.07) is 0.837. The van der Waals surface area contributed by atoms with Gasteiger partial charge in [-0.25, -0.2) is 0 Å². The predicted molar refractivity (Wildman–Crippen MR) is 66.0 cm³/mol. The quantitative estimate of drug-likeness (QED) is 0.696. The summed E-state index contributed by atoms with van der Waals surface area (Å²) in [5.74, 6) is 0.871. The first-order chi connectivity index (χ1) is 7.23. The van der Waals surface area contributed by atoms with Crippen molar-refractivity contribution in [2.24, 2.45) is 11.3 Å². The molecule has 2 aliphatic carbocycles. The van der Waals surface area contributed by atoms with Crippen LogP contribution in [0.4, 0.5) is 0 Å². The molecule has 0 aromatic rings. The normalized spacial score (nSPS) is 26.6. The Bertz CT molecular complexity index is 186. The molecule has 2 saturated carbocycles. The summed E-state index contributed by atoms with van der Waals surface area (Å²) >= 11 is 0. The molecule has 2 rings (SSSR count). The Morgan fingerprint density at radius 2 is 1.67 bits per heavy atom. The molecule has 1 N–H and O–H groups in total. The molecule has 2 fully saturated rings. The maximum atomic E-state index is 3.85. The van der Waals surface area contributed by atoms with Gasteiger partial charge in [0.25, 0.3) is 0 Å². The highest BCUT2D eigenvalue weighted by Crippen LogP contribution is 2.51. The van der Waals surface area contributed by atoms with Gasteiger partial charge in [-0.2, -0.15) is 0 Å². The molecule has 0 spiro atoms. The van der Waals surface area contributed by atoms with E-state index in [0.717, 1.165) is 12.0 Å². The summed E-state index contributed by atoms with van der Waals surface area (Å²) < 4.78 is 0. The van der Waals surface area contributed by atoms with Crippen molar-refractivity contribution in [3.63, 3.8) is 0 Å². The SMILES string of the molecule is CC(C)C1(CNC2CCCCCC2)CC1. The molecule has 0 aromatic heterocycles. The summed E-state index contributed by atoms with van der Waals surface area (Å²) in [5, 5.41) is 3.85. The van der Waals surface area contributed by atoms with Crippen molar-refractivity contribution in [2.75, 3.05) is 6.54 Å². The van der Waals surface area contributed by atoms with Crippen LogP contribution in [-0.2, 0) is 0 Å². The fraction of sp³-hybridized carbons (Fsp3) is 1.00. The lowest BCUT2D eigenvalue weighted by atomic mass is 9.92. The molecular formula is C14H27N. The predicted octanol–water partition coefficient (Wildman–Crippen LogP) is 3.74. The van der Waals surface area contributed by atoms with Crippen molar-refractivity contribution in [1.82, 2.24) is 5.32 Å². The molecule has 0 atom stereocenters. The Hall–Kier alpha value is -0.0400. The van der Waals surface area contributed by atoms with Crippen molar-refractivity contribution in [2.45, 2.75) is 71.3 Å². The van der Waals surface area contributed by atoms with Crippen LogP contribution in [0.3, 0.4) is 0 Å². The molecular weight excluding hydrogens is 182 g/mol. The third-order valence-electron chi connectivity index (χ3n) is 4.71. The van der Waals surface area contributed by atoms with E-state index >= 15 is 0 Å². The number of nitrogens with one attached hydrogen (secondary N) is 1. The lowest BCUT2D eigenvalue weighted by molar-refractivity contribution is 0.310. The van der Waals surface area contributed by atoms with E-state index in [1.807, 2.05) is 0 Å². The minimum absolute atomic E-state index is 0.687. The first-order valence-corrected chi connectivity index (χ1v) is 6.96. The van der Waals surface area contributed by atoms with E-state index in [9.17, 15) is 0 Å². The molecule has 0 unspecified atom stereocenters. The van der Waals surface area contributed by atoms with Gasteiger partial charge in [-0.05, 0) is 37.0 Å². The highest BCUT2D eigenvalue weighted by atomic mass is 14.9. The van der Waals surface area contributed by atoms with Crippen molar-refractivity contribution in [1.29, 1.82) is 0 Å². The minimum Gasteiger partial charge on any atom is -0.313 e. The van der Waals surface area contributed by atoms with E-state index in [-0.39, 0.29) is 0 Å². The van der Waals surface area contributed by atoms with Crippen LogP contribution in [0.15, 0.2) is 0 Å². The summed E-state index contributed by atoms with van der Waals surface area (Å²) in [6.07, 6.45) is 11.6. The highest BCUT2D eigenvalue weighted by Gasteiger charge is 2.44. The minimum atomic E-state index is 0.687. The molecule has 88 valence electrons. The Balaban J connectivity index is 1.72. The van der Waals surface area contributed by atoms with Gasteiger partial charge in [-0.15, -0.1) is 0 Å². The molecule has 0 heterocycles. The maximum absolute atomic E-state index is 3.85. The molecule has 2 aliphatic rings. The van der Waals surface area contributed by atoms with E-state index in [1.165, 1.54) is 57.9 Å². The van der Waals surface area contributed by atoms with Crippen LogP contribution in [0.25, 0.3) is 0 Å². The summed E-state index contributed by atoms with van der Waals surface area (Å²) in [4.78, 5) is 0. The molecule has 0 saturated heterocycles. The Kier molecular flexibility index (Phi) is 3.71. The van der Waals surface area contributed by atoms with Crippen LogP contribution in [-0.4, -0.2) is 12.6 Å². The summed E-state index contributed by atoms with van der Waals surface area (Å²) in [7, 11) is 0. The largest absolute Gasteiger partial charge is 0.313 e. The van der Waals surface area contributed by atoms with Gasteiger partial charge >= 0.3 is 0 Å². The van der Waals surface area contributed by atoms with E-state index in [4.69, 9.17) is 0 Å². The highest BCUT2D eigenvalue weighted by molar-refractivity contribution is 4.97. The first-order valence-electron chi connectivity index (χ1n) is 6.96. The standard InChI is InChI=1S/C14H27N/c1-12(2)14(9-10-14)11-15-13-7-5-3-4-6-8-13/h12-13,15H,3-11H2,1-2H3. The fourth-order valence-electron chi connectivity index (χ4n) is 2.95. The van der Waals surface area contributed by atoms with Gasteiger partial charge in [0.15, 0.2) is 0 Å². The molecule has 15 heavy (non-hydrogen) atoms. The lowest BCUT2D eigenvalue weighted by Crippen LogP contribution is -2.35. The third-order valence-corrected chi connectivity index (χ3v) is 4.71. The zero-order valence-electron chi connectivity index (χ0n) is 10.5. The van der Waals surface area contributed by atoms with Crippen LogP contribution in [0.1, 0.15) is 65.2 Å². The molecule has 1 nitrogen and oxygen atoms in total. The smallest absolute Gasteiger partial charge is 0.00672 e. The number of hydrogen-bond acceptors (Lipinski definition) is 1. The van der Waals surface area contributed by atoms with Gasteiger partial charge in [-0.1, -0.05) is 39.5 Å². The van der Waals surface area contributed by atoms with E-state index in [2.05, 4.69) is 19.2 Å². The van der Waals surface area contributed by atoms with Gasteiger partial charge in [-0.3, -0.25) is 0 Å². The van der Waals surface area contributed by atoms with Crippen molar-refractivity contribution >= 4 is 0 Å². The summed E-state index contributed by atoms with van der Waals surface area (Å²) in [6.45, 7) is 6.07. The second-order valence-corrected chi connectivity index (χ2v) is 6.09. The Morgan fingerprint density at radius 3 is 2.13 bits per heavy atom. The Morgan fingerprint density at radius 1 is 1.07 bits per heavy atom. The van der Waals surface area contributed by atoms with Crippen LogP contribution in [0, 0.1) is 11.3 Å². The molecule has 0 amide bonds. The second kappa shape index (κ2) is 4.86. The fourth-order valence-corrected chi connectivity index (χ4v) is 2.95. The summed E-state index contributed by atoms with van der Waals surface area (Å²) in [5.41, 5.74) is 0.687. The van der Waals surface area contributed by atoms with Crippen molar-refractivity contribution < 1.29 is 0 Å². The van der Waals surface area contributed by atoms with Crippen LogP contribution in [0.2, 0.25) is 0 Å². The topological polar surface area (TPSA) is 12.0 Å². The maximum Gasteiger partial charge on any atom is 0.00672 e. The zero-order chi connectivity index (χ0) is 10.7. The average molecular weight is 209 g/mol. The molecule has 0 aliphatic heterocycles. The van der Waals surface area contributed by atoms with Gasteiger partial charge in [0, 0.05) is 12.6 Å². The van der Waals surface area contributed by atoms with E-state index in [1.54, 1.807) is 0 Å². The number of rotatable bonds is 4. The van der Waals surface area contributed by atoms with Gasteiger partial charge in [0.2, 0.25) is 0 Å². The van der Waals surface area contributed by atoms with Crippen molar-refractivity contribution in [3.05, 3.63) is 0 Å². The Labute approximate surface area is 95.0 Å². The van der Waals surface area contributed by atoms with Crippen LogP contribution in [0.5, 0.6) is 0 Å². The van der Waals surface area contributed by atoms with E-state index in [0.29, 0.717) is 5.41 Å². The van der Waals surface area contributed by atoms with Gasteiger partial charge < -0.3 is 5.32 Å². The zero-order valence-corrected chi connectivity index (χ0v) is 10.5. The number of hydrogen-bond donors (Lipinski definition) is 1. The molecule has 0 radical (unpaired) electrons.